The van der Waals surface area contributed by atoms with Crippen LogP contribution in [0.2, 0.25) is 0 Å². The fourth-order valence-corrected chi connectivity index (χ4v) is 3.58. The van der Waals surface area contributed by atoms with Crippen molar-refractivity contribution < 1.29 is 9.18 Å². The van der Waals surface area contributed by atoms with Crippen molar-refractivity contribution >= 4 is 17.2 Å². The molecular formula is C20H16FN5OS. The van der Waals surface area contributed by atoms with Crippen LogP contribution < -0.4 is 5.32 Å². The van der Waals surface area contributed by atoms with Gasteiger partial charge in [0.2, 0.25) is 11.7 Å². The SMILES string of the molecule is O=C(Cn1nnc(-c2ccccc2)n1)NC(c1ccc(F)cc1)c1cccs1. The van der Waals surface area contributed by atoms with Crippen LogP contribution in [0.15, 0.2) is 72.1 Å². The minimum atomic E-state index is -0.370. The second-order valence-corrected chi connectivity index (χ2v) is 7.06. The summed E-state index contributed by atoms with van der Waals surface area (Å²) in [7, 11) is 0. The van der Waals surface area contributed by atoms with Crippen molar-refractivity contribution in [3.8, 4) is 11.4 Å². The molecule has 0 bridgehead atoms. The lowest BCUT2D eigenvalue weighted by atomic mass is 10.1. The van der Waals surface area contributed by atoms with Gasteiger partial charge in [0.1, 0.15) is 12.4 Å². The van der Waals surface area contributed by atoms with Crippen molar-refractivity contribution in [1.29, 1.82) is 0 Å². The first kappa shape index (κ1) is 18.0. The summed E-state index contributed by atoms with van der Waals surface area (Å²) in [5.74, 6) is -0.123. The van der Waals surface area contributed by atoms with E-state index in [1.165, 1.54) is 28.3 Å². The number of hydrogen-bond acceptors (Lipinski definition) is 5. The average Bonchev–Trinajstić information content (AvgIpc) is 3.40. The highest BCUT2D eigenvalue weighted by molar-refractivity contribution is 7.10. The van der Waals surface area contributed by atoms with Gasteiger partial charge in [0.05, 0.1) is 6.04 Å². The van der Waals surface area contributed by atoms with Gasteiger partial charge in [-0.15, -0.1) is 21.5 Å². The first-order chi connectivity index (χ1) is 13.7. The number of benzene rings is 2. The van der Waals surface area contributed by atoms with Crippen LogP contribution in [0, 0.1) is 5.82 Å². The number of carbonyl (C=O) groups is 1. The number of nitrogens with one attached hydrogen (secondary N) is 1. The molecule has 6 nitrogen and oxygen atoms in total. The van der Waals surface area contributed by atoms with Crippen molar-refractivity contribution in [2.75, 3.05) is 0 Å². The number of thiophene rings is 1. The van der Waals surface area contributed by atoms with E-state index in [0.29, 0.717) is 5.82 Å². The summed E-state index contributed by atoms with van der Waals surface area (Å²) in [6.45, 7) is -0.0666. The van der Waals surface area contributed by atoms with Crippen LogP contribution >= 0.6 is 11.3 Å². The van der Waals surface area contributed by atoms with Crippen LogP contribution in [0.1, 0.15) is 16.5 Å². The minimum absolute atomic E-state index is 0.0666. The van der Waals surface area contributed by atoms with Crippen molar-refractivity contribution in [3.63, 3.8) is 0 Å². The third kappa shape index (κ3) is 4.12. The van der Waals surface area contributed by atoms with Crippen LogP contribution in [0.5, 0.6) is 0 Å². The fraction of sp³-hybridized carbons (Fsp3) is 0.100. The van der Waals surface area contributed by atoms with Crippen molar-refractivity contribution in [3.05, 3.63) is 88.4 Å². The lowest BCUT2D eigenvalue weighted by molar-refractivity contribution is -0.122. The van der Waals surface area contributed by atoms with Crippen LogP contribution in [0.25, 0.3) is 11.4 Å². The Kier molecular flexibility index (Phi) is 5.20. The molecule has 1 atom stereocenters. The molecule has 1 unspecified atom stereocenters. The molecule has 4 rings (SSSR count). The number of rotatable bonds is 6. The van der Waals surface area contributed by atoms with Gasteiger partial charge >= 0.3 is 0 Å². The minimum Gasteiger partial charge on any atom is -0.343 e. The molecule has 0 saturated carbocycles. The molecule has 1 amide bonds. The summed E-state index contributed by atoms with van der Waals surface area (Å²) in [5, 5.41) is 17.1. The van der Waals surface area contributed by atoms with Gasteiger partial charge in [-0.2, -0.15) is 4.80 Å². The van der Waals surface area contributed by atoms with Gasteiger partial charge in [-0.05, 0) is 34.4 Å². The molecule has 0 saturated heterocycles. The number of carbonyl (C=O) groups excluding carboxylic acids is 1. The van der Waals surface area contributed by atoms with Gasteiger partial charge in [-0.3, -0.25) is 4.79 Å². The van der Waals surface area contributed by atoms with E-state index in [1.54, 1.807) is 12.1 Å². The molecule has 0 spiro atoms. The summed E-state index contributed by atoms with van der Waals surface area (Å²) in [4.78, 5) is 14.8. The smallest absolute Gasteiger partial charge is 0.244 e. The molecule has 8 heteroatoms. The summed E-state index contributed by atoms with van der Waals surface area (Å²) in [5.41, 5.74) is 1.63. The Hall–Kier alpha value is -3.39. The van der Waals surface area contributed by atoms with Crippen molar-refractivity contribution in [1.82, 2.24) is 25.5 Å². The molecule has 28 heavy (non-hydrogen) atoms. The van der Waals surface area contributed by atoms with E-state index >= 15 is 0 Å². The molecule has 0 radical (unpaired) electrons. The van der Waals surface area contributed by atoms with Crippen LogP contribution in [-0.2, 0) is 11.3 Å². The maximum Gasteiger partial charge on any atom is 0.244 e. The third-order valence-electron chi connectivity index (χ3n) is 4.11. The van der Waals surface area contributed by atoms with Gasteiger partial charge in [0, 0.05) is 10.4 Å². The quantitative estimate of drug-likeness (QED) is 0.545. The molecule has 140 valence electrons. The molecule has 1 N–H and O–H groups in total. The Morgan fingerprint density at radius 3 is 2.57 bits per heavy atom. The number of tetrazole rings is 1. The maximum atomic E-state index is 13.3. The molecular weight excluding hydrogens is 377 g/mol. The zero-order valence-corrected chi connectivity index (χ0v) is 15.5. The normalized spacial score (nSPS) is 11.9. The summed E-state index contributed by atoms with van der Waals surface area (Å²) in [6, 6.07) is 19.0. The van der Waals surface area contributed by atoms with Gasteiger partial charge in [0.25, 0.3) is 0 Å². The van der Waals surface area contributed by atoms with E-state index in [1.807, 2.05) is 47.8 Å². The fourth-order valence-electron chi connectivity index (χ4n) is 2.78. The van der Waals surface area contributed by atoms with Crippen molar-refractivity contribution in [2.45, 2.75) is 12.6 Å². The molecule has 4 aromatic rings. The second kappa shape index (κ2) is 8.10. The number of hydrogen-bond donors (Lipinski definition) is 1. The molecule has 0 aliphatic heterocycles. The Labute approximate surface area is 164 Å². The molecule has 0 fully saturated rings. The predicted molar refractivity (Wildman–Crippen MR) is 104 cm³/mol. The summed E-state index contributed by atoms with van der Waals surface area (Å²) < 4.78 is 13.3. The van der Waals surface area contributed by atoms with E-state index in [4.69, 9.17) is 0 Å². The first-order valence-electron chi connectivity index (χ1n) is 8.60. The van der Waals surface area contributed by atoms with E-state index in [9.17, 15) is 9.18 Å². The van der Waals surface area contributed by atoms with Gasteiger partial charge in [-0.25, -0.2) is 4.39 Å². The summed E-state index contributed by atoms with van der Waals surface area (Å²) in [6.07, 6.45) is 0. The second-order valence-electron chi connectivity index (χ2n) is 6.08. The number of nitrogens with zero attached hydrogens (tertiary/aromatic N) is 4. The largest absolute Gasteiger partial charge is 0.343 e. The topological polar surface area (TPSA) is 72.7 Å². The average molecular weight is 393 g/mol. The summed E-state index contributed by atoms with van der Waals surface area (Å²) >= 11 is 1.52. The third-order valence-corrected chi connectivity index (χ3v) is 5.04. The molecule has 0 aliphatic rings. The number of halogens is 1. The van der Waals surface area contributed by atoms with Crippen LogP contribution in [-0.4, -0.2) is 26.1 Å². The highest BCUT2D eigenvalue weighted by atomic mass is 32.1. The Bertz CT molecular complexity index is 1050. The van der Waals surface area contributed by atoms with Crippen LogP contribution in [0.3, 0.4) is 0 Å². The maximum absolute atomic E-state index is 13.3. The number of amides is 1. The van der Waals surface area contributed by atoms with Crippen molar-refractivity contribution in [2.24, 2.45) is 0 Å². The highest BCUT2D eigenvalue weighted by Crippen LogP contribution is 2.26. The lowest BCUT2D eigenvalue weighted by Crippen LogP contribution is -2.32. The zero-order chi connectivity index (χ0) is 19.3. The van der Waals surface area contributed by atoms with E-state index < -0.39 is 0 Å². The van der Waals surface area contributed by atoms with Gasteiger partial charge in [0.15, 0.2) is 0 Å². The standard InChI is InChI=1S/C20H16FN5OS/c21-16-10-8-14(9-11-16)19(17-7-4-12-28-17)22-18(27)13-26-24-20(23-25-26)15-5-2-1-3-6-15/h1-12,19H,13H2,(H,22,27). The van der Waals surface area contributed by atoms with E-state index in [2.05, 4.69) is 20.7 Å². The highest BCUT2D eigenvalue weighted by Gasteiger charge is 2.19. The van der Waals surface area contributed by atoms with Gasteiger partial charge in [-0.1, -0.05) is 48.5 Å². The number of aromatic nitrogens is 4. The van der Waals surface area contributed by atoms with Crippen LogP contribution in [0.4, 0.5) is 4.39 Å². The monoisotopic (exact) mass is 393 g/mol. The predicted octanol–water partition coefficient (Wildman–Crippen LogP) is 3.45. The Balaban J connectivity index is 1.49. The zero-order valence-electron chi connectivity index (χ0n) is 14.7. The Morgan fingerprint density at radius 2 is 1.86 bits per heavy atom. The van der Waals surface area contributed by atoms with E-state index in [0.717, 1.165) is 16.0 Å². The molecule has 2 aromatic heterocycles. The van der Waals surface area contributed by atoms with Gasteiger partial charge < -0.3 is 5.32 Å². The Morgan fingerprint density at radius 1 is 1.07 bits per heavy atom. The molecule has 2 heterocycles. The lowest BCUT2D eigenvalue weighted by Gasteiger charge is -2.18. The molecule has 2 aromatic carbocycles. The molecule has 0 aliphatic carbocycles. The van der Waals surface area contributed by atoms with E-state index in [-0.39, 0.29) is 24.3 Å². The first-order valence-corrected chi connectivity index (χ1v) is 9.48.